The fourth-order valence-electron chi connectivity index (χ4n) is 3.39. The van der Waals surface area contributed by atoms with Gasteiger partial charge in [-0.2, -0.15) is 0 Å². The second kappa shape index (κ2) is 6.65. The van der Waals surface area contributed by atoms with Crippen LogP contribution in [0.4, 0.5) is 0 Å². The SMILES string of the molecule is CC(C)(CN=C(N)NC1CCOc2ccccc21)C1=CCCC1. The number of hydrogen-bond donors (Lipinski definition) is 2. The Labute approximate surface area is 138 Å². The van der Waals surface area contributed by atoms with Crippen LogP contribution >= 0.6 is 0 Å². The standard InChI is InChI=1S/C19H27N3O/c1-19(2,14-7-3-4-8-14)13-21-18(20)22-16-11-12-23-17-10-6-5-9-15(16)17/h5-7,9-10,16H,3-4,8,11-13H2,1-2H3,(H3,20,21,22). The Hall–Kier alpha value is -1.97. The first-order valence-electron chi connectivity index (χ1n) is 8.54. The number of rotatable bonds is 4. The summed E-state index contributed by atoms with van der Waals surface area (Å²) in [4.78, 5) is 4.61. The van der Waals surface area contributed by atoms with Crippen molar-refractivity contribution in [2.24, 2.45) is 16.1 Å². The number of guanidine groups is 1. The summed E-state index contributed by atoms with van der Waals surface area (Å²) in [6.07, 6.45) is 6.95. The highest BCUT2D eigenvalue weighted by Crippen LogP contribution is 2.35. The highest BCUT2D eigenvalue weighted by molar-refractivity contribution is 5.78. The van der Waals surface area contributed by atoms with E-state index in [1.165, 1.54) is 24.8 Å². The zero-order valence-electron chi connectivity index (χ0n) is 14.1. The molecule has 0 spiro atoms. The van der Waals surface area contributed by atoms with E-state index in [9.17, 15) is 0 Å². The summed E-state index contributed by atoms with van der Waals surface area (Å²) in [5.74, 6) is 1.47. The minimum Gasteiger partial charge on any atom is -0.493 e. The molecule has 0 saturated carbocycles. The van der Waals surface area contributed by atoms with E-state index in [1.807, 2.05) is 18.2 Å². The fraction of sp³-hybridized carbons (Fsp3) is 0.526. The molecule has 1 aliphatic carbocycles. The Morgan fingerprint density at radius 2 is 2.22 bits per heavy atom. The van der Waals surface area contributed by atoms with Crippen molar-refractivity contribution in [3.63, 3.8) is 0 Å². The maximum Gasteiger partial charge on any atom is 0.189 e. The quantitative estimate of drug-likeness (QED) is 0.508. The van der Waals surface area contributed by atoms with E-state index in [-0.39, 0.29) is 11.5 Å². The van der Waals surface area contributed by atoms with E-state index in [1.54, 1.807) is 0 Å². The topological polar surface area (TPSA) is 59.6 Å². The Morgan fingerprint density at radius 1 is 1.39 bits per heavy atom. The summed E-state index contributed by atoms with van der Waals surface area (Å²) < 4.78 is 5.69. The predicted molar refractivity (Wildman–Crippen MR) is 94.6 cm³/mol. The third-order valence-corrected chi connectivity index (χ3v) is 4.84. The van der Waals surface area contributed by atoms with Gasteiger partial charge >= 0.3 is 0 Å². The van der Waals surface area contributed by atoms with Crippen LogP contribution in [-0.4, -0.2) is 19.1 Å². The minimum atomic E-state index is 0.0936. The van der Waals surface area contributed by atoms with Gasteiger partial charge in [0.2, 0.25) is 0 Å². The van der Waals surface area contributed by atoms with Gasteiger partial charge < -0.3 is 15.8 Å². The van der Waals surface area contributed by atoms with E-state index >= 15 is 0 Å². The van der Waals surface area contributed by atoms with Crippen molar-refractivity contribution in [3.8, 4) is 5.75 Å². The van der Waals surface area contributed by atoms with E-state index in [0.717, 1.165) is 24.3 Å². The number of nitrogens with two attached hydrogens (primary N) is 1. The number of aliphatic imine (C=N–C) groups is 1. The Kier molecular flexibility index (Phi) is 4.60. The van der Waals surface area contributed by atoms with E-state index < -0.39 is 0 Å². The van der Waals surface area contributed by atoms with E-state index in [2.05, 4.69) is 36.3 Å². The van der Waals surface area contributed by atoms with Gasteiger partial charge in [0.05, 0.1) is 19.2 Å². The number of ether oxygens (including phenoxy) is 1. The largest absolute Gasteiger partial charge is 0.493 e. The first-order valence-corrected chi connectivity index (χ1v) is 8.54. The van der Waals surface area contributed by atoms with Gasteiger partial charge in [-0.3, -0.25) is 4.99 Å². The summed E-state index contributed by atoms with van der Waals surface area (Å²) in [5, 5.41) is 3.37. The number of para-hydroxylation sites is 1. The third kappa shape index (κ3) is 3.69. The molecule has 0 radical (unpaired) electrons. The number of hydrogen-bond acceptors (Lipinski definition) is 2. The predicted octanol–water partition coefficient (Wildman–Crippen LogP) is 3.55. The van der Waals surface area contributed by atoms with Crippen LogP contribution in [0, 0.1) is 5.41 Å². The van der Waals surface area contributed by atoms with Gasteiger partial charge in [0.1, 0.15) is 5.75 Å². The van der Waals surface area contributed by atoms with Crippen molar-refractivity contribution in [2.75, 3.05) is 13.2 Å². The molecule has 0 bridgehead atoms. The molecule has 1 atom stereocenters. The number of nitrogens with one attached hydrogen (secondary N) is 1. The maximum atomic E-state index is 6.15. The molecule has 124 valence electrons. The monoisotopic (exact) mass is 313 g/mol. The lowest BCUT2D eigenvalue weighted by Gasteiger charge is -2.28. The van der Waals surface area contributed by atoms with Crippen molar-refractivity contribution < 1.29 is 4.74 Å². The first kappa shape index (κ1) is 15.9. The summed E-state index contributed by atoms with van der Waals surface area (Å²) in [6.45, 7) is 5.94. The average Bonchev–Trinajstić information content (AvgIpc) is 3.09. The lowest BCUT2D eigenvalue weighted by Crippen LogP contribution is -2.38. The summed E-state index contributed by atoms with van der Waals surface area (Å²) in [6, 6.07) is 8.30. The van der Waals surface area contributed by atoms with Crippen LogP contribution < -0.4 is 15.8 Å². The van der Waals surface area contributed by atoms with Crippen molar-refractivity contribution in [1.82, 2.24) is 5.32 Å². The third-order valence-electron chi connectivity index (χ3n) is 4.84. The Bertz CT molecular complexity index is 619. The molecule has 0 saturated heterocycles. The molecule has 1 aromatic rings. The molecule has 0 fully saturated rings. The molecule has 1 unspecified atom stereocenters. The van der Waals surface area contributed by atoms with Gasteiger partial charge in [-0.1, -0.05) is 43.7 Å². The molecule has 0 amide bonds. The van der Waals surface area contributed by atoms with Gasteiger partial charge in [0.15, 0.2) is 5.96 Å². The van der Waals surface area contributed by atoms with Gasteiger partial charge in [0, 0.05) is 17.4 Å². The normalized spacial score (nSPS) is 21.4. The zero-order chi connectivity index (χ0) is 16.3. The highest BCUT2D eigenvalue weighted by Gasteiger charge is 2.25. The molecule has 23 heavy (non-hydrogen) atoms. The molecule has 4 nitrogen and oxygen atoms in total. The Morgan fingerprint density at radius 3 is 3.00 bits per heavy atom. The van der Waals surface area contributed by atoms with Gasteiger partial charge in [-0.05, 0) is 25.3 Å². The van der Waals surface area contributed by atoms with Crippen molar-refractivity contribution in [2.45, 2.75) is 45.6 Å². The number of benzene rings is 1. The molecule has 0 aromatic heterocycles. The molecule has 4 heteroatoms. The van der Waals surface area contributed by atoms with Crippen LogP contribution in [0.5, 0.6) is 5.75 Å². The van der Waals surface area contributed by atoms with Gasteiger partial charge in [0.25, 0.3) is 0 Å². The number of nitrogens with zero attached hydrogens (tertiary/aromatic N) is 1. The number of allylic oxidation sites excluding steroid dienone is 1. The first-order chi connectivity index (χ1) is 11.1. The summed E-state index contributed by atoms with van der Waals surface area (Å²) in [7, 11) is 0. The molecular formula is C19H27N3O. The van der Waals surface area contributed by atoms with Crippen molar-refractivity contribution in [3.05, 3.63) is 41.5 Å². The summed E-state index contributed by atoms with van der Waals surface area (Å²) >= 11 is 0. The van der Waals surface area contributed by atoms with E-state index in [4.69, 9.17) is 10.5 Å². The molecular weight excluding hydrogens is 286 g/mol. The molecule has 3 rings (SSSR count). The van der Waals surface area contributed by atoms with Crippen LogP contribution in [0.25, 0.3) is 0 Å². The smallest absolute Gasteiger partial charge is 0.189 e. The lowest BCUT2D eigenvalue weighted by atomic mass is 9.84. The molecule has 2 aliphatic rings. The summed E-state index contributed by atoms with van der Waals surface area (Å²) in [5.41, 5.74) is 8.92. The fourth-order valence-corrected chi connectivity index (χ4v) is 3.39. The molecule has 1 heterocycles. The minimum absolute atomic E-state index is 0.0936. The highest BCUT2D eigenvalue weighted by atomic mass is 16.5. The van der Waals surface area contributed by atoms with Crippen LogP contribution in [0.1, 0.15) is 51.1 Å². The van der Waals surface area contributed by atoms with Crippen LogP contribution in [0.3, 0.4) is 0 Å². The second-order valence-corrected chi connectivity index (χ2v) is 7.08. The molecule has 3 N–H and O–H groups in total. The Balaban J connectivity index is 1.64. The average molecular weight is 313 g/mol. The number of fused-ring (bicyclic) bond motifs is 1. The van der Waals surface area contributed by atoms with Crippen LogP contribution in [-0.2, 0) is 0 Å². The maximum absolute atomic E-state index is 6.15. The van der Waals surface area contributed by atoms with Crippen LogP contribution in [0.2, 0.25) is 0 Å². The van der Waals surface area contributed by atoms with E-state index in [0.29, 0.717) is 12.6 Å². The zero-order valence-corrected chi connectivity index (χ0v) is 14.1. The van der Waals surface area contributed by atoms with Gasteiger partial charge in [-0.25, -0.2) is 0 Å². The van der Waals surface area contributed by atoms with Crippen molar-refractivity contribution >= 4 is 5.96 Å². The van der Waals surface area contributed by atoms with Gasteiger partial charge in [-0.15, -0.1) is 0 Å². The molecule has 1 aromatic carbocycles. The lowest BCUT2D eigenvalue weighted by molar-refractivity contribution is 0.262. The second-order valence-electron chi connectivity index (χ2n) is 7.08. The molecule has 1 aliphatic heterocycles. The van der Waals surface area contributed by atoms with Crippen molar-refractivity contribution in [1.29, 1.82) is 0 Å². The van der Waals surface area contributed by atoms with Crippen LogP contribution in [0.15, 0.2) is 40.9 Å².